The zero-order chi connectivity index (χ0) is 21.5. The predicted molar refractivity (Wildman–Crippen MR) is 112 cm³/mol. The van der Waals surface area contributed by atoms with Crippen molar-refractivity contribution >= 4 is 5.97 Å². The van der Waals surface area contributed by atoms with Gasteiger partial charge in [0, 0.05) is 5.56 Å². The van der Waals surface area contributed by atoms with E-state index in [1.165, 1.54) is 7.11 Å². The molecule has 158 valence electrons. The van der Waals surface area contributed by atoms with Gasteiger partial charge < -0.3 is 18.6 Å². The number of aromatic nitrogens is 2. The molecule has 0 fully saturated rings. The molecule has 0 N–H and O–H groups in total. The van der Waals surface area contributed by atoms with Crippen LogP contribution in [0.1, 0.15) is 49.5 Å². The van der Waals surface area contributed by atoms with Crippen LogP contribution < -0.4 is 9.47 Å². The number of nitrogens with zero attached hydrogens (tertiary/aromatic N) is 2. The Morgan fingerprint density at radius 2 is 1.80 bits per heavy atom. The van der Waals surface area contributed by atoms with Crippen molar-refractivity contribution in [2.75, 3.05) is 13.7 Å². The van der Waals surface area contributed by atoms with Crippen molar-refractivity contribution < 1.29 is 23.4 Å². The van der Waals surface area contributed by atoms with Gasteiger partial charge >= 0.3 is 5.97 Å². The number of rotatable bonds is 9. The van der Waals surface area contributed by atoms with Gasteiger partial charge in [0.25, 0.3) is 5.89 Å². The second kappa shape index (κ2) is 9.91. The van der Waals surface area contributed by atoms with Gasteiger partial charge in [0.15, 0.2) is 17.6 Å². The lowest BCUT2D eigenvalue weighted by Crippen LogP contribution is -2.10. The SMILES string of the molecule is COc1cc(C(=O)O[C@H](C)c2nnc(-c3ccccc3)o2)ccc1OCCC(C)C. The minimum Gasteiger partial charge on any atom is -0.493 e. The minimum atomic E-state index is -0.699. The Kier molecular flexibility index (Phi) is 7.06. The number of hydrogen-bond donors (Lipinski definition) is 0. The summed E-state index contributed by atoms with van der Waals surface area (Å²) in [6, 6.07) is 14.4. The van der Waals surface area contributed by atoms with E-state index < -0.39 is 12.1 Å². The predicted octanol–water partition coefficient (Wildman–Crippen LogP) is 5.09. The Hall–Kier alpha value is -3.35. The number of esters is 1. The molecule has 7 heteroatoms. The Labute approximate surface area is 176 Å². The average molecular weight is 410 g/mol. The number of ether oxygens (including phenoxy) is 3. The standard InChI is InChI=1S/C23H26N2O5/c1-15(2)12-13-28-19-11-10-18(14-20(19)27-4)23(26)29-16(3)21-24-25-22(30-21)17-8-6-5-7-9-17/h5-11,14-16H,12-13H2,1-4H3/t16-/m1/s1. The average Bonchev–Trinajstić information content (AvgIpc) is 3.24. The number of carbonyl (C=O) groups excluding carboxylic acids is 1. The molecule has 0 amide bonds. The van der Waals surface area contributed by atoms with Crippen LogP contribution in [0.3, 0.4) is 0 Å². The van der Waals surface area contributed by atoms with E-state index in [1.807, 2.05) is 30.3 Å². The zero-order valence-corrected chi connectivity index (χ0v) is 17.6. The second-order valence-electron chi connectivity index (χ2n) is 7.26. The summed E-state index contributed by atoms with van der Waals surface area (Å²) in [6.07, 6.45) is 0.231. The van der Waals surface area contributed by atoms with Crippen molar-refractivity contribution in [2.24, 2.45) is 5.92 Å². The van der Waals surface area contributed by atoms with Crippen LogP contribution in [0.4, 0.5) is 0 Å². The molecule has 1 atom stereocenters. The summed E-state index contributed by atoms with van der Waals surface area (Å²) in [7, 11) is 1.53. The van der Waals surface area contributed by atoms with Crippen molar-refractivity contribution in [3.63, 3.8) is 0 Å². The van der Waals surface area contributed by atoms with Gasteiger partial charge in [0.2, 0.25) is 5.89 Å². The third kappa shape index (κ3) is 5.37. The maximum Gasteiger partial charge on any atom is 0.339 e. The summed E-state index contributed by atoms with van der Waals surface area (Å²) in [5.74, 6) is 1.69. The fourth-order valence-electron chi connectivity index (χ4n) is 2.69. The summed E-state index contributed by atoms with van der Waals surface area (Å²) in [4.78, 5) is 12.6. The molecule has 0 spiro atoms. The highest BCUT2D eigenvalue weighted by Gasteiger charge is 2.21. The van der Waals surface area contributed by atoms with Crippen molar-refractivity contribution in [2.45, 2.75) is 33.3 Å². The van der Waals surface area contributed by atoms with Gasteiger partial charge in [-0.2, -0.15) is 0 Å². The van der Waals surface area contributed by atoms with Crippen LogP contribution >= 0.6 is 0 Å². The normalized spacial score (nSPS) is 11.9. The number of methoxy groups -OCH3 is 1. The highest BCUT2D eigenvalue weighted by atomic mass is 16.6. The van der Waals surface area contributed by atoms with Crippen LogP contribution in [-0.2, 0) is 4.74 Å². The van der Waals surface area contributed by atoms with Crippen LogP contribution in [0.15, 0.2) is 52.9 Å². The van der Waals surface area contributed by atoms with Crippen molar-refractivity contribution in [3.8, 4) is 23.0 Å². The van der Waals surface area contributed by atoms with Gasteiger partial charge in [0.05, 0.1) is 19.3 Å². The molecular formula is C23H26N2O5. The van der Waals surface area contributed by atoms with E-state index in [1.54, 1.807) is 25.1 Å². The third-order valence-electron chi connectivity index (χ3n) is 4.45. The van der Waals surface area contributed by atoms with Gasteiger partial charge in [-0.25, -0.2) is 4.79 Å². The molecule has 0 aliphatic carbocycles. The van der Waals surface area contributed by atoms with E-state index in [4.69, 9.17) is 18.6 Å². The fraction of sp³-hybridized carbons (Fsp3) is 0.348. The van der Waals surface area contributed by atoms with Crippen LogP contribution in [0, 0.1) is 5.92 Å². The first-order valence-electron chi connectivity index (χ1n) is 9.88. The number of carbonyl (C=O) groups is 1. The first-order valence-corrected chi connectivity index (χ1v) is 9.88. The smallest absolute Gasteiger partial charge is 0.339 e. The minimum absolute atomic E-state index is 0.225. The van der Waals surface area contributed by atoms with E-state index in [2.05, 4.69) is 24.0 Å². The van der Waals surface area contributed by atoms with Crippen LogP contribution in [0.2, 0.25) is 0 Å². The number of benzene rings is 2. The Bertz CT molecular complexity index is 969. The molecule has 30 heavy (non-hydrogen) atoms. The molecule has 0 aliphatic heterocycles. The van der Waals surface area contributed by atoms with Crippen LogP contribution in [0.5, 0.6) is 11.5 Å². The molecule has 0 bridgehead atoms. The molecule has 3 aromatic rings. The van der Waals surface area contributed by atoms with Crippen LogP contribution in [0.25, 0.3) is 11.5 Å². The zero-order valence-electron chi connectivity index (χ0n) is 17.6. The van der Waals surface area contributed by atoms with Gasteiger partial charge in [0.1, 0.15) is 0 Å². The molecule has 3 rings (SSSR count). The molecule has 2 aromatic carbocycles. The summed E-state index contributed by atoms with van der Waals surface area (Å²) >= 11 is 0. The summed E-state index contributed by atoms with van der Waals surface area (Å²) in [6.45, 7) is 6.52. The summed E-state index contributed by atoms with van der Waals surface area (Å²) < 4.78 is 22.3. The van der Waals surface area contributed by atoms with E-state index in [9.17, 15) is 4.79 Å². The molecule has 0 saturated heterocycles. The molecular weight excluding hydrogens is 384 g/mol. The Balaban J connectivity index is 1.66. The first-order chi connectivity index (χ1) is 14.5. The molecule has 0 saturated carbocycles. The van der Waals surface area contributed by atoms with Crippen molar-refractivity contribution in [1.29, 1.82) is 0 Å². The van der Waals surface area contributed by atoms with E-state index >= 15 is 0 Å². The maximum atomic E-state index is 12.6. The summed E-state index contributed by atoms with van der Waals surface area (Å²) in [5, 5.41) is 8.02. The largest absolute Gasteiger partial charge is 0.493 e. The topological polar surface area (TPSA) is 83.7 Å². The van der Waals surface area contributed by atoms with E-state index in [0.717, 1.165) is 12.0 Å². The molecule has 0 radical (unpaired) electrons. The molecule has 1 heterocycles. The second-order valence-corrected chi connectivity index (χ2v) is 7.26. The van der Waals surface area contributed by atoms with E-state index in [0.29, 0.717) is 35.5 Å². The highest BCUT2D eigenvalue weighted by Crippen LogP contribution is 2.30. The lowest BCUT2D eigenvalue weighted by atomic mass is 10.1. The lowest BCUT2D eigenvalue weighted by Gasteiger charge is -2.14. The Morgan fingerprint density at radius 3 is 2.50 bits per heavy atom. The third-order valence-corrected chi connectivity index (χ3v) is 4.45. The van der Waals surface area contributed by atoms with Gasteiger partial charge in [-0.1, -0.05) is 32.0 Å². The Morgan fingerprint density at radius 1 is 1.03 bits per heavy atom. The molecule has 1 aromatic heterocycles. The lowest BCUT2D eigenvalue weighted by molar-refractivity contribution is 0.0279. The highest BCUT2D eigenvalue weighted by molar-refractivity contribution is 5.90. The van der Waals surface area contributed by atoms with Crippen molar-refractivity contribution in [1.82, 2.24) is 10.2 Å². The fourth-order valence-corrected chi connectivity index (χ4v) is 2.69. The van der Waals surface area contributed by atoms with Crippen LogP contribution in [-0.4, -0.2) is 29.9 Å². The first kappa shape index (κ1) is 21.4. The molecule has 0 unspecified atom stereocenters. The summed E-state index contributed by atoms with van der Waals surface area (Å²) in [5.41, 5.74) is 1.14. The van der Waals surface area contributed by atoms with Gasteiger partial charge in [-0.05, 0) is 49.6 Å². The van der Waals surface area contributed by atoms with Crippen molar-refractivity contribution in [3.05, 3.63) is 60.0 Å². The monoisotopic (exact) mass is 410 g/mol. The van der Waals surface area contributed by atoms with Gasteiger partial charge in [-0.3, -0.25) is 0 Å². The number of hydrogen-bond acceptors (Lipinski definition) is 7. The molecule has 0 aliphatic rings. The van der Waals surface area contributed by atoms with Gasteiger partial charge in [-0.15, -0.1) is 10.2 Å². The van der Waals surface area contributed by atoms with E-state index in [-0.39, 0.29) is 5.89 Å². The molecule has 7 nitrogen and oxygen atoms in total. The maximum absolute atomic E-state index is 12.6. The quantitative estimate of drug-likeness (QED) is 0.454.